The van der Waals surface area contributed by atoms with Crippen LogP contribution in [0.5, 0.6) is 0 Å². The zero-order valence-corrected chi connectivity index (χ0v) is 29.5. The van der Waals surface area contributed by atoms with Crippen molar-refractivity contribution >= 4 is 67.4 Å². The smallest absolute Gasteiger partial charge is 0.320 e. The van der Waals surface area contributed by atoms with E-state index in [1.165, 1.54) is 23.2 Å². The molecule has 0 saturated carbocycles. The number of carboxylic acid groups (broad SMARTS) is 2. The number of para-hydroxylation sites is 2. The van der Waals surface area contributed by atoms with Crippen LogP contribution in [-0.4, -0.2) is 52.9 Å². The Hall–Kier alpha value is -6.06. The molecule has 0 aliphatic rings. The van der Waals surface area contributed by atoms with Gasteiger partial charge in [0.15, 0.2) is 0 Å². The molecule has 0 aliphatic heterocycles. The van der Waals surface area contributed by atoms with Gasteiger partial charge in [-0.15, -0.1) is 0 Å². The van der Waals surface area contributed by atoms with Gasteiger partial charge >= 0.3 is 11.9 Å². The first-order valence-electron chi connectivity index (χ1n) is 16.0. The number of aryl methyl sites for hydroxylation is 4. The molecule has 51 heavy (non-hydrogen) atoms. The Kier molecular flexibility index (Phi) is 11.0. The molecule has 270 valence electrons. The van der Waals surface area contributed by atoms with E-state index in [1.807, 2.05) is 55.9 Å². The lowest BCUT2D eigenvalue weighted by Crippen LogP contribution is -2.32. The highest BCUT2D eigenvalue weighted by molar-refractivity contribution is 6.01. The van der Waals surface area contributed by atoms with Crippen molar-refractivity contribution in [2.75, 3.05) is 17.2 Å². The fourth-order valence-electron chi connectivity index (χ4n) is 6.41. The van der Waals surface area contributed by atoms with E-state index in [4.69, 9.17) is 38.9 Å². The number of anilines is 3. The number of hydrogen-bond donors (Lipinski definition) is 7. The van der Waals surface area contributed by atoms with E-state index in [-0.39, 0.29) is 12.1 Å². The van der Waals surface area contributed by atoms with Gasteiger partial charge in [0.05, 0.1) is 43.9 Å². The van der Waals surface area contributed by atoms with Gasteiger partial charge in [-0.1, -0.05) is 24.3 Å². The fraction of sp³-hybridized carbons (Fsp3) is 0.278. The summed E-state index contributed by atoms with van der Waals surface area (Å²) in [5, 5.41) is 31.6. The van der Waals surface area contributed by atoms with E-state index < -0.39 is 28.9 Å². The highest BCUT2D eigenvalue weighted by Gasteiger charge is 2.26. The summed E-state index contributed by atoms with van der Waals surface area (Å²) < 4.78 is 5.82. The lowest BCUT2D eigenvalue weighted by molar-refractivity contribution is -0.383. The van der Waals surface area contributed by atoms with E-state index in [1.54, 1.807) is 18.5 Å². The van der Waals surface area contributed by atoms with Gasteiger partial charge in [0, 0.05) is 67.9 Å². The van der Waals surface area contributed by atoms with Crippen molar-refractivity contribution in [2.45, 2.75) is 45.7 Å². The van der Waals surface area contributed by atoms with Gasteiger partial charge in [-0.25, -0.2) is 0 Å². The molecule has 0 fully saturated rings. The van der Waals surface area contributed by atoms with E-state index in [0.29, 0.717) is 40.0 Å². The normalized spacial score (nSPS) is 12.2. The molecular formula is C36H45N9O6. The van der Waals surface area contributed by atoms with E-state index in [9.17, 15) is 19.7 Å². The summed E-state index contributed by atoms with van der Waals surface area (Å²) in [5.74, 6) is -2.15. The van der Waals surface area contributed by atoms with Crippen LogP contribution in [0.15, 0.2) is 54.6 Å². The molecule has 0 amide bonds. The lowest BCUT2D eigenvalue weighted by atomic mass is 10.0. The number of carboxylic acids is 2. The molecule has 0 aliphatic carbocycles. The van der Waals surface area contributed by atoms with Crippen LogP contribution in [0.1, 0.15) is 28.2 Å². The average molecular weight is 700 g/mol. The number of carbonyl (C=O) groups is 2. The van der Waals surface area contributed by atoms with Crippen LogP contribution >= 0.6 is 0 Å². The number of nitrogens with two attached hydrogens (primary N) is 5. The molecule has 15 heteroatoms. The molecular weight excluding hydrogens is 654 g/mol. The van der Waals surface area contributed by atoms with Gasteiger partial charge in [-0.2, -0.15) is 0 Å². The first-order chi connectivity index (χ1) is 23.9. The molecule has 6 rings (SSSR count). The summed E-state index contributed by atoms with van der Waals surface area (Å²) in [6.45, 7) is 5.79. The van der Waals surface area contributed by atoms with Crippen LogP contribution in [0, 0.1) is 30.9 Å². The highest BCUT2D eigenvalue weighted by atomic mass is 16.6. The van der Waals surface area contributed by atoms with Crippen molar-refractivity contribution in [3.63, 3.8) is 0 Å². The number of hydrogen-bond acceptors (Lipinski definition) is 9. The van der Waals surface area contributed by atoms with Crippen molar-refractivity contribution in [1.29, 1.82) is 0 Å². The number of rotatable bonds is 7. The third-order valence-electron chi connectivity index (χ3n) is 9.44. The molecule has 3 heterocycles. The second kappa shape index (κ2) is 14.8. The number of nitrogen functional groups attached to an aromatic ring is 3. The SMILES string of the molecule is Cc1c(CC(N)C(=O)O)c2c([N+](=O)[O-])ccc(N)c2n1C.Cc1c(CC(N)C(=O)O)c2cccc(N)c2n1C.Cc1cc2cccc(N)c2n1C. The summed E-state index contributed by atoms with van der Waals surface area (Å²) in [6, 6.07) is 14.6. The summed E-state index contributed by atoms with van der Waals surface area (Å²) >= 11 is 0. The largest absolute Gasteiger partial charge is 0.480 e. The third kappa shape index (κ3) is 7.29. The Morgan fingerprint density at radius 3 is 1.76 bits per heavy atom. The standard InChI is InChI=1S/C13H16N4O4.C13H17N3O2.C10H12N2/c1-6-7(5-9(15)13(18)19)11-10(17(20)21)4-3-8(14)12(11)16(6)2;1-7-9(6-11(15)13(17)18)8-4-3-5-10(14)12(8)16(7)2;1-7-6-8-4-3-5-9(11)10(8)12(7)2/h3-4,9H,5,14-15H2,1-2H3,(H,18,19);3-5,11H,6,14-15H2,1-2H3,(H,17,18);3-6H,11H2,1-2H3. The lowest BCUT2D eigenvalue weighted by Gasteiger charge is -2.07. The molecule has 0 radical (unpaired) electrons. The van der Waals surface area contributed by atoms with Gasteiger partial charge in [0.2, 0.25) is 0 Å². The molecule has 0 bridgehead atoms. The van der Waals surface area contributed by atoms with Crippen LogP contribution < -0.4 is 28.7 Å². The second-order valence-electron chi connectivity index (χ2n) is 12.6. The maximum atomic E-state index is 11.2. The van der Waals surface area contributed by atoms with Crippen molar-refractivity contribution in [2.24, 2.45) is 32.6 Å². The molecule has 0 spiro atoms. The summed E-state index contributed by atoms with van der Waals surface area (Å²) in [4.78, 5) is 32.5. The predicted molar refractivity (Wildman–Crippen MR) is 201 cm³/mol. The first-order valence-corrected chi connectivity index (χ1v) is 16.0. The minimum atomic E-state index is -1.15. The Balaban J connectivity index is 0.000000177. The maximum Gasteiger partial charge on any atom is 0.320 e. The van der Waals surface area contributed by atoms with Crippen molar-refractivity contribution in [1.82, 2.24) is 13.7 Å². The minimum absolute atomic E-state index is 0.00278. The average Bonchev–Trinajstić information content (AvgIpc) is 3.60. The molecule has 0 saturated heterocycles. The summed E-state index contributed by atoms with van der Waals surface area (Å²) in [7, 11) is 5.69. The molecule has 3 aromatic carbocycles. The van der Waals surface area contributed by atoms with Crippen LogP contribution in [0.3, 0.4) is 0 Å². The number of nitro groups is 1. The highest BCUT2D eigenvalue weighted by Crippen LogP contribution is 2.37. The van der Waals surface area contributed by atoms with Gasteiger partial charge < -0.3 is 52.6 Å². The van der Waals surface area contributed by atoms with Crippen LogP contribution in [0.2, 0.25) is 0 Å². The number of aliphatic carboxylic acids is 2. The number of benzene rings is 3. The molecule has 2 atom stereocenters. The molecule has 12 N–H and O–H groups in total. The second-order valence-corrected chi connectivity index (χ2v) is 12.6. The number of fused-ring (bicyclic) bond motifs is 3. The van der Waals surface area contributed by atoms with E-state index >= 15 is 0 Å². The van der Waals surface area contributed by atoms with Crippen molar-refractivity contribution < 1.29 is 24.7 Å². The first kappa shape index (κ1) is 37.8. The molecule has 6 aromatic rings. The number of nitrogens with zero attached hydrogens (tertiary/aromatic N) is 4. The van der Waals surface area contributed by atoms with Gasteiger partial charge in [-0.3, -0.25) is 19.7 Å². The molecule has 3 aromatic heterocycles. The van der Waals surface area contributed by atoms with Crippen LogP contribution in [0.25, 0.3) is 32.7 Å². The quantitative estimate of drug-likeness (QED) is 0.0710. The fourth-order valence-corrected chi connectivity index (χ4v) is 6.41. The van der Waals surface area contributed by atoms with E-state index in [2.05, 4.69) is 23.6 Å². The van der Waals surface area contributed by atoms with Crippen LogP contribution in [-0.2, 0) is 43.6 Å². The minimum Gasteiger partial charge on any atom is -0.480 e. The van der Waals surface area contributed by atoms with E-state index in [0.717, 1.165) is 33.4 Å². The van der Waals surface area contributed by atoms with Crippen molar-refractivity contribution in [3.8, 4) is 0 Å². The Morgan fingerprint density at radius 2 is 1.22 bits per heavy atom. The Labute approximate surface area is 294 Å². The molecule has 15 nitrogen and oxygen atoms in total. The molecule has 2 unspecified atom stereocenters. The number of aromatic nitrogens is 3. The van der Waals surface area contributed by atoms with Gasteiger partial charge in [0.25, 0.3) is 5.69 Å². The predicted octanol–water partition coefficient (Wildman–Crippen LogP) is 4.02. The zero-order valence-electron chi connectivity index (χ0n) is 29.5. The van der Waals surface area contributed by atoms with Crippen molar-refractivity contribution in [3.05, 3.63) is 92.9 Å². The number of nitro benzene ring substituents is 1. The third-order valence-corrected chi connectivity index (χ3v) is 9.44. The maximum absolute atomic E-state index is 11.2. The monoisotopic (exact) mass is 699 g/mol. The van der Waals surface area contributed by atoms with Crippen LogP contribution in [0.4, 0.5) is 22.7 Å². The van der Waals surface area contributed by atoms with Gasteiger partial charge in [-0.05, 0) is 56.2 Å². The number of non-ortho nitro benzene ring substituents is 1. The Bertz CT molecular complexity index is 2300. The van der Waals surface area contributed by atoms with Gasteiger partial charge in [0.1, 0.15) is 12.1 Å². The summed E-state index contributed by atoms with van der Waals surface area (Å²) in [6.07, 6.45) is 0.310. The topological polar surface area (TPSA) is 263 Å². The Morgan fingerprint density at radius 1 is 0.725 bits per heavy atom. The summed E-state index contributed by atoms with van der Waals surface area (Å²) in [5.41, 5.74) is 37.8. The zero-order chi connectivity index (χ0) is 38.1.